The summed E-state index contributed by atoms with van der Waals surface area (Å²) in [4.78, 5) is 23.9. The summed E-state index contributed by atoms with van der Waals surface area (Å²) in [5.41, 5.74) is 1.73. The second-order valence-corrected chi connectivity index (χ2v) is 4.68. The van der Waals surface area contributed by atoms with Gasteiger partial charge in [-0.25, -0.2) is 4.98 Å². The average molecular weight is 258 g/mol. The third-order valence-electron chi connectivity index (χ3n) is 2.49. The summed E-state index contributed by atoms with van der Waals surface area (Å²) in [6, 6.07) is 5.48. The van der Waals surface area contributed by atoms with E-state index >= 15 is 0 Å². The van der Waals surface area contributed by atoms with Gasteiger partial charge >= 0.3 is 0 Å². The molecule has 0 saturated heterocycles. The van der Waals surface area contributed by atoms with Gasteiger partial charge in [0.2, 0.25) is 0 Å². The Morgan fingerprint density at radius 2 is 2.39 bits per heavy atom. The number of H-pyrrole nitrogens is 1. The maximum absolute atomic E-state index is 11.7. The lowest BCUT2D eigenvalue weighted by Crippen LogP contribution is -2.22. The minimum Gasteiger partial charge on any atom is -0.344 e. The fourth-order valence-electron chi connectivity index (χ4n) is 1.65. The first-order valence-electron chi connectivity index (χ1n) is 5.43. The lowest BCUT2D eigenvalue weighted by molar-refractivity contribution is 0.0954. The maximum Gasteiger partial charge on any atom is 0.261 e. The van der Waals surface area contributed by atoms with Crippen LogP contribution in [0, 0.1) is 0 Å². The highest BCUT2D eigenvalue weighted by Gasteiger charge is 2.07. The minimum atomic E-state index is -0.0800. The van der Waals surface area contributed by atoms with Crippen LogP contribution in [0.5, 0.6) is 0 Å². The molecule has 0 fully saturated rings. The van der Waals surface area contributed by atoms with Crippen molar-refractivity contribution < 1.29 is 4.79 Å². The van der Waals surface area contributed by atoms with Gasteiger partial charge in [0.15, 0.2) is 0 Å². The molecule has 3 aromatic heterocycles. The maximum atomic E-state index is 11.7. The predicted molar refractivity (Wildman–Crippen MR) is 69.4 cm³/mol. The van der Waals surface area contributed by atoms with E-state index in [1.54, 1.807) is 18.5 Å². The molecule has 0 aliphatic rings. The molecule has 0 aliphatic heterocycles. The molecule has 0 unspecified atom stereocenters. The van der Waals surface area contributed by atoms with Crippen LogP contribution in [0.4, 0.5) is 0 Å². The molecule has 0 aromatic carbocycles. The van der Waals surface area contributed by atoms with Crippen LogP contribution in [-0.4, -0.2) is 20.9 Å². The molecule has 3 rings (SSSR count). The van der Waals surface area contributed by atoms with Gasteiger partial charge in [-0.05, 0) is 17.5 Å². The van der Waals surface area contributed by atoms with E-state index in [2.05, 4.69) is 20.3 Å². The molecule has 0 aliphatic carbocycles. The second kappa shape index (κ2) is 4.58. The van der Waals surface area contributed by atoms with Gasteiger partial charge in [-0.1, -0.05) is 6.07 Å². The largest absolute Gasteiger partial charge is 0.344 e. The van der Waals surface area contributed by atoms with Crippen molar-refractivity contribution in [1.29, 1.82) is 0 Å². The highest BCUT2D eigenvalue weighted by molar-refractivity contribution is 7.12. The van der Waals surface area contributed by atoms with Crippen LogP contribution in [0.25, 0.3) is 11.0 Å². The fraction of sp³-hybridized carbons (Fsp3) is 0.0833. The number of nitrogens with zero attached hydrogens (tertiary/aromatic N) is 2. The molecule has 6 heteroatoms. The molecule has 18 heavy (non-hydrogen) atoms. The number of pyridine rings is 1. The SMILES string of the molecule is O=C(NCc1nc2ccncc2[nH]1)c1cccs1. The van der Waals surface area contributed by atoms with Gasteiger partial charge in [0.1, 0.15) is 5.82 Å². The van der Waals surface area contributed by atoms with Gasteiger partial charge in [0.25, 0.3) is 5.91 Å². The van der Waals surface area contributed by atoms with Crippen molar-refractivity contribution in [3.8, 4) is 0 Å². The number of hydrogen-bond acceptors (Lipinski definition) is 4. The summed E-state index contributed by atoms with van der Waals surface area (Å²) in [5.74, 6) is 0.645. The summed E-state index contributed by atoms with van der Waals surface area (Å²) in [6.07, 6.45) is 3.41. The zero-order valence-corrected chi connectivity index (χ0v) is 10.2. The van der Waals surface area contributed by atoms with Crippen LogP contribution >= 0.6 is 11.3 Å². The van der Waals surface area contributed by atoms with Crippen LogP contribution in [0.3, 0.4) is 0 Å². The molecule has 0 atom stereocenters. The molecule has 2 N–H and O–H groups in total. The standard InChI is InChI=1S/C12H10N4OS/c17-12(10-2-1-5-18-10)14-7-11-15-8-3-4-13-6-9(8)16-11/h1-6H,7H2,(H,14,17)(H,15,16). The monoisotopic (exact) mass is 258 g/mol. The van der Waals surface area contributed by atoms with Crippen molar-refractivity contribution in [3.63, 3.8) is 0 Å². The van der Waals surface area contributed by atoms with Crippen molar-refractivity contribution in [1.82, 2.24) is 20.3 Å². The van der Waals surface area contributed by atoms with Crippen molar-refractivity contribution in [2.45, 2.75) is 6.54 Å². The third kappa shape index (κ3) is 2.10. The Hall–Kier alpha value is -2.21. The van der Waals surface area contributed by atoms with Crippen molar-refractivity contribution in [2.24, 2.45) is 0 Å². The summed E-state index contributed by atoms with van der Waals surface area (Å²) >= 11 is 1.42. The van der Waals surface area contributed by atoms with E-state index < -0.39 is 0 Å². The molecule has 90 valence electrons. The number of carbonyl (C=O) groups excluding carboxylic acids is 1. The topological polar surface area (TPSA) is 70.7 Å². The molecule has 3 aromatic rings. The zero-order valence-electron chi connectivity index (χ0n) is 9.38. The third-order valence-corrected chi connectivity index (χ3v) is 3.36. The van der Waals surface area contributed by atoms with Crippen LogP contribution in [0.15, 0.2) is 36.0 Å². The molecule has 0 saturated carbocycles. The minimum absolute atomic E-state index is 0.0800. The number of imidazole rings is 1. The van der Waals surface area contributed by atoms with Gasteiger partial charge in [0, 0.05) is 6.20 Å². The smallest absolute Gasteiger partial charge is 0.261 e. The van der Waals surface area contributed by atoms with Gasteiger partial charge in [-0.15, -0.1) is 11.3 Å². The van der Waals surface area contributed by atoms with Gasteiger partial charge < -0.3 is 10.3 Å². The Bertz CT molecular complexity index is 641. The van der Waals surface area contributed by atoms with Crippen LogP contribution in [0.1, 0.15) is 15.5 Å². The first kappa shape index (κ1) is 10.9. The average Bonchev–Trinajstić information content (AvgIpc) is 3.04. The number of rotatable bonds is 3. The summed E-state index contributed by atoms with van der Waals surface area (Å²) in [5, 5.41) is 4.70. The number of fused-ring (bicyclic) bond motifs is 1. The highest BCUT2D eigenvalue weighted by atomic mass is 32.1. The predicted octanol–water partition coefficient (Wildman–Crippen LogP) is 1.95. The molecule has 1 amide bonds. The van der Waals surface area contributed by atoms with Crippen LogP contribution in [-0.2, 0) is 6.54 Å². The Kier molecular flexibility index (Phi) is 2.77. The van der Waals surface area contributed by atoms with Crippen molar-refractivity contribution in [2.75, 3.05) is 0 Å². The molecule has 3 heterocycles. The van der Waals surface area contributed by atoms with E-state index in [4.69, 9.17) is 0 Å². The number of aromatic amines is 1. The number of aromatic nitrogens is 3. The van der Waals surface area contributed by atoms with E-state index in [0.717, 1.165) is 16.9 Å². The van der Waals surface area contributed by atoms with E-state index in [1.807, 2.05) is 17.5 Å². The molecule has 5 nitrogen and oxygen atoms in total. The number of carbonyl (C=O) groups is 1. The number of thiophene rings is 1. The Labute approximate surface area is 107 Å². The van der Waals surface area contributed by atoms with E-state index in [0.29, 0.717) is 11.4 Å². The molecule has 0 radical (unpaired) electrons. The first-order valence-corrected chi connectivity index (χ1v) is 6.31. The number of hydrogen-bond donors (Lipinski definition) is 2. The number of amides is 1. The van der Waals surface area contributed by atoms with Crippen molar-refractivity contribution >= 4 is 28.3 Å². The summed E-state index contributed by atoms with van der Waals surface area (Å²) in [7, 11) is 0. The highest BCUT2D eigenvalue weighted by Crippen LogP contribution is 2.10. The lowest BCUT2D eigenvalue weighted by Gasteiger charge is -1.99. The van der Waals surface area contributed by atoms with Crippen molar-refractivity contribution in [3.05, 3.63) is 46.7 Å². The summed E-state index contributed by atoms with van der Waals surface area (Å²) in [6.45, 7) is 0.380. The molecular weight excluding hydrogens is 248 g/mol. The quantitative estimate of drug-likeness (QED) is 0.754. The molecular formula is C12H10N4OS. The van der Waals surface area contributed by atoms with E-state index in [-0.39, 0.29) is 5.91 Å². The zero-order chi connectivity index (χ0) is 12.4. The normalized spacial score (nSPS) is 10.7. The first-order chi connectivity index (χ1) is 8.83. The lowest BCUT2D eigenvalue weighted by atomic mass is 10.4. The van der Waals surface area contributed by atoms with Gasteiger partial charge in [-0.2, -0.15) is 0 Å². The Morgan fingerprint density at radius 3 is 3.17 bits per heavy atom. The van der Waals surface area contributed by atoms with Crippen LogP contribution < -0.4 is 5.32 Å². The van der Waals surface area contributed by atoms with Gasteiger partial charge in [0.05, 0.1) is 28.7 Å². The van der Waals surface area contributed by atoms with E-state index in [1.165, 1.54) is 11.3 Å². The Morgan fingerprint density at radius 1 is 1.44 bits per heavy atom. The van der Waals surface area contributed by atoms with Gasteiger partial charge in [-0.3, -0.25) is 9.78 Å². The van der Waals surface area contributed by atoms with Crippen LogP contribution in [0.2, 0.25) is 0 Å². The summed E-state index contributed by atoms with van der Waals surface area (Å²) < 4.78 is 0. The Balaban J connectivity index is 1.71. The van der Waals surface area contributed by atoms with E-state index in [9.17, 15) is 4.79 Å². The second-order valence-electron chi connectivity index (χ2n) is 3.74. The number of nitrogens with one attached hydrogen (secondary N) is 2. The molecule has 0 bridgehead atoms. The molecule has 0 spiro atoms. The fourth-order valence-corrected chi connectivity index (χ4v) is 2.29.